The van der Waals surface area contributed by atoms with Gasteiger partial charge in [-0.1, -0.05) is 18.2 Å². The molecule has 1 N–H and O–H groups in total. The van der Waals surface area contributed by atoms with E-state index >= 15 is 0 Å². The first-order chi connectivity index (χ1) is 14.1. The number of rotatable bonds is 7. The van der Waals surface area contributed by atoms with E-state index in [0.29, 0.717) is 19.0 Å². The van der Waals surface area contributed by atoms with Gasteiger partial charge in [-0.25, -0.2) is 9.78 Å². The van der Waals surface area contributed by atoms with Crippen LogP contribution in [0.3, 0.4) is 0 Å². The van der Waals surface area contributed by atoms with Crippen LogP contribution in [0.1, 0.15) is 37.9 Å². The van der Waals surface area contributed by atoms with Crippen LogP contribution in [0.5, 0.6) is 5.75 Å². The number of urea groups is 1. The van der Waals surface area contributed by atoms with E-state index in [-0.39, 0.29) is 12.1 Å². The minimum Gasteiger partial charge on any atom is -0.494 e. The second-order valence-corrected chi connectivity index (χ2v) is 6.66. The Hall–Kier alpha value is -3.41. The lowest BCUT2D eigenvalue weighted by atomic mass is 10.1. The van der Waals surface area contributed by atoms with Crippen molar-refractivity contribution in [3.63, 3.8) is 0 Å². The zero-order valence-electron chi connectivity index (χ0n) is 17.0. The van der Waals surface area contributed by atoms with Gasteiger partial charge in [-0.05, 0) is 62.2 Å². The molecule has 0 aliphatic carbocycles. The van der Waals surface area contributed by atoms with Crippen LogP contribution in [-0.4, -0.2) is 35.3 Å². The lowest BCUT2D eigenvalue weighted by molar-refractivity contribution is 0.208. The number of aromatic nitrogens is 1. The van der Waals surface area contributed by atoms with E-state index in [4.69, 9.17) is 10.1 Å². The molecular weight excluding hydrogens is 364 g/mol. The SMILES string of the molecule is C/C=C(\C=N)c1ccc(N2CC=CN([C@@H](C)c3cccc(OCC)c3)C2=O)nc1. The maximum atomic E-state index is 13.2. The average molecular weight is 390 g/mol. The minimum atomic E-state index is -0.145. The van der Waals surface area contributed by atoms with Gasteiger partial charge in [0.05, 0.1) is 12.6 Å². The summed E-state index contributed by atoms with van der Waals surface area (Å²) in [4.78, 5) is 21.0. The van der Waals surface area contributed by atoms with Crippen molar-refractivity contribution in [2.45, 2.75) is 26.8 Å². The number of anilines is 1. The molecule has 6 nitrogen and oxygen atoms in total. The predicted molar refractivity (Wildman–Crippen MR) is 116 cm³/mol. The Morgan fingerprint density at radius 2 is 2.17 bits per heavy atom. The van der Waals surface area contributed by atoms with E-state index in [2.05, 4.69) is 4.98 Å². The molecule has 1 aliphatic rings. The van der Waals surface area contributed by atoms with Crippen LogP contribution in [-0.2, 0) is 0 Å². The number of nitrogens with zero attached hydrogens (tertiary/aromatic N) is 3. The Labute approximate surface area is 171 Å². The van der Waals surface area contributed by atoms with E-state index < -0.39 is 0 Å². The minimum absolute atomic E-state index is 0.125. The fourth-order valence-corrected chi connectivity index (χ4v) is 3.27. The molecular formula is C23H26N4O2. The summed E-state index contributed by atoms with van der Waals surface area (Å²) >= 11 is 0. The monoisotopic (exact) mass is 390 g/mol. The van der Waals surface area contributed by atoms with Crippen molar-refractivity contribution < 1.29 is 9.53 Å². The second-order valence-electron chi connectivity index (χ2n) is 6.66. The number of carbonyl (C=O) groups is 1. The highest BCUT2D eigenvalue weighted by atomic mass is 16.5. The lowest BCUT2D eigenvalue weighted by Crippen LogP contribution is -2.45. The molecule has 0 saturated carbocycles. The number of nitrogens with one attached hydrogen (secondary N) is 1. The third kappa shape index (κ3) is 4.37. The smallest absolute Gasteiger partial charge is 0.330 e. The second kappa shape index (κ2) is 9.19. The van der Waals surface area contributed by atoms with Crippen molar-refractivity contribution in [2.24, 2.45) is 0 Å². The van der Waals surface area contributed by atoms with Crippen LogP contribution in [0.2, 0.25) is 0 Å². The van der Waals surface area contributed by atoms with E-state index in [1.165, 1.54) is 6.21 Å². The Bertz CT molecular complexity index is 934. The molecule has 0 fully saturated rings. The Morgan fingerprint density at radius 1 is 1.34 bits per heavy atom. The molecule has 0 saturated heterocycles. The van der Waals surface area contributed by atoms with Gasteiger partial charge < -0.3 is 10.1 Å². The van der Waals surface area contributed by atoms with Crippen molar-refractivity contribution in [1.29, 1.82) is 5.41 Å². The molecule has 1 aromatic carbocycles. The average Bonchev–Trinajstić information content (AvgIpc) is 2.75. The summed E-state index contributed by atoms with van der Waals surface area (Å²) < 4.78 is 5.59. The Balaban J connectivity index is 1.81. The molecule has 2 amide bonds. The topological polar surface area (TPSA) is 69.5 Å². The molecule has 2 heterocycles. The molecule has 1 atom stereocenters. The van der Waals surface area contributed by atoms with Gasteiger partial charge >= 0.3 is 6.03 Å². The number of pyridine rings is 1. The number of amides is 2. The quantitative estimate of drug-likeness (QED) is 0.673. The summed E-state index contributed by atoms with van der Waals surface area (Å²) in [6.07, 6.45) is 8.64. The molecule has 3 rings (SSSR count). The van der Waals surface area contributed by atoms with Gasteiger partial charge in [0, 0.05) is 30.7 Å². The van der Waals surface area contributed by atoms with Crippen LogP contribution < -0.4 is 9.64 Å². The summed E-state index contributed by atoms with van der Waals surface area (Å²) in [6.45, 7) is 6.89. The van der Waals surface area contributed by atoms with Gasteiger partial charge in [0.15, 0.2) is 0 Å². The first-order valence-corrected chi connectivity index (χ1v) is 9.71. The summed E-state index contributed by atoms with van der Waals surface area (Å²) in [5.74, 6) is 1.38. The normalized spacial score (nSPS) is 15.4. The van der Waals surface area contributed by atoms with Gasteiger partial charge in [0.25, 0.3) is 0 Å². The summed E-state index contributed by atoms with van der Waals surface area (Å²) in [5.41, 5.74) is 2.64. The molecule has 0 bridgehead atoms. The van der Waals surface area contributed by atoms with Crippen LogP contribution in [0.25, 0.3) is 5.57 Å². The predicted octanol–water partition coefficient (Wildman–Crippen LogP) is 5.05. The van der Waals surface area contributed by atoms with Gasteiger partial charge in [-0.15, -0.1) is 0 Å². The van der Waals surface area contributed by atoms with Crippen molar-refractivity contribution in [1.82, 2.24) is 9.88 Å². The summed E-state index contributed by atoms with van der Waals surface area (Å²) in [5, 5.41) is 7.47. The summed E-state index contributed by atoms with van der Waals surface area (Å²) in [6, 6.07) is 11.3. The largest absolute Gasteiger partial charge is 0.494 e. The number of hydrogen-bond acceptors (Lipinski definition) is 4. The molecule has 29 heavy (non-hydrogen) atoms. The number of ether oxygens (including phenoxy) is 1. The zero-order valence-corrected chi connectivity index (χ0v) is 17.0. The fourth-order valence-electron chi connectivity index (χ4n) is 3.27. The third-order valence-electron chi connectivity index (χ3n) is 4.90. The first kappa shape index (κ1) is 20.3. The number of hydrogen-bond donors (Lipinski definition) is 1. The van der Waals surface area contributed by atoms with Crippen molar-refractivity contribution in [3.05, 3.63) is 72.1 Å². The molecule has 1 aliphatic heterocycles. The molecule has 0 spiro atoms. The Morgan fingerprint density at radius 3 is 2.83 bits per heavy atom. The van der Waals surface area contributed by atoms with Crippen molar-refractivity contribution >= 4 is 23.6 Å². The van der Waals surface area contributed by atoms with Crippen LogP contribution in [0.4, 0.5) is 10.6 Å². The number of allylic oxidation sites excluding steroid dienone is 2. The molecule has 0 unspecified atom stereocenters. The van der Waals surface area contributed by atoms with Gasteiger partial charge in [0.1, 0.15) is 11.6 Å². The standard InChI is InChI=1S/C23H26N4O2/c1-4-18(15-24)20-10-11-22(25-16-20)27-13-7-12-26(23(27)28)17(3)19-8-6-9-21(14-19)29-5-2/h4,6-12,14-17,24H,5,13H2,1-3H3/b18-4+,24-15?/t17-/m0/s1. The van der Waals surface area contributed by atoms with Gasteiger partial charge in [-0.3, -0.25) is 9.80 Å². The first-order valence-electron chi connectivity index (χ1n) is 9.71. The molecule has 2 aromatic rings. The van der Waals surface area contributed by atoms with E-state index in [9.17, 15) is 4.79 Å². The van der Waals surface area contributed by atoms with Crippen LogP contribution in [0, 0.1) is 5.41 Å². The maximum absolute atomic E-state index is 13.2. The van der Waals surface area contributed by atoms with Crippen molar-refractivity contribution in [3.8, 4) is 5.75 Å². The van der Waals surface area contributed by atoms with Crippen LogP contribution in [0.15, 0.2) is 60.9 Å². The Kier molecular flexibility index (Phi) is 6.44. The molecule has 1 aromatic heterocycles. The van der Waals surface area contributed by atoms with E-state index in [1.54, 1.807) is 16.0 Å². The van der Waals surface area contributed by atoms with E-state index in [0.717, 1.165) is 22.4 Å². The lowest BCUT2D eigenvalue weighted by Gasteiger charge is -2.34. The molecule has 150 valence electrons. The zero-order chi connectivity index (χ0) is 20.8. The van der Waals surface area contributed by atoms with Gasteiger partial charge in [0.2, 0.25) is 0 Å². The number of benzene rings is 1. The summed E-state index contributed by atoms with van der Waals surface area (Å²) in [7, 11) is 0. The van der Waals surface area contributed by atoms with Crippen molar-refractivity contribution in [2.75, 3.05) is 18.1 Å². The number of carbonyl (C=O) groups excluding carboxylic acids is 1. The van der Waals surface area contributed by atoms with E-state index in [1.807, 2.05) is 75.5 Å². The maximum Gasteiger partial charge on any atom is 0.330 e. The highest BCUT2D eigenvalue weighted by Gasteiger charge is 2.28. The fraction of sp³-hybridized carbons (Fsp3) is 0.261. The van der Waals surface area contributed by atoms with Gasteiger partial charge in [-0.2, -0.15) is 0 Å². The molecule has 0 radical (unpaired) electrons. The third-order valence-corrected chi connectivity index (χ3v) is 4.90. The highest BCUT2D eigenvalue weighted by molar-refractivity contribution is 6.08. The molecule has 6 heteroatoms. The highest BCUT2D eigenvalue weighted by Crippen LogP contribution is 2.28. The van der Waals surface area contributed by atoms with Crippen LogP contribution >= 0.6 is 0 Å².